The van der Waals surface area contributed by atoms with Gasteiger partial charge in [0.25, 0.3) is 0 Å². The third kappa shape index (κ3) is 4.34. The molecular formula is C15H20N2S2. The van der Waals surface area contributed by atoms with E-state index >= 15 is 0 Å². The summed E-state index contributed by atoms with van der Waals surface area (Å²) in [6.07, 6.45) is 0. The minimum Gasteiger partial charge on any atom is -0.310 e. The molecule has 0 saturated heterocycles. The standard InChI is InChI=1S/C15H20N2S2/c1-4-16-12(3)13-6-5-7-14(8-13)18-10-15-17-11(2)9-19-15/h5-9,12,16H,4,10H2,1-3H3. The van der Waals surface area contributed by atoms with Gasteiger partial charge in [0.2, 0.25) is 0 Å². The van der Waals surface area contributed by atoms with E-state index in [-0.39, 0.29) is 0 Å². The molecule has 0 radical (unpaired) electrons. The van der Waals surface area contributed by atoms with Crippen LogP contribution >= 0.6 is 23.1 Å². The number of benzene rings is 1. The van der Waals surface area contributed by atoms with Crippen molar-refractivity contribution in [2.24, 2.45) is 0 Å². The molecule has 0 aliphatic rings. The molecule has 0 fully saturated rings. The van der Waals surface area contributed by atoms with Crippen LogP contribution < -0.4 is 5.32 Å². The Balaban J connectivity index is 1.98. The predicted octanol–water partition coefficient (Wildman–Crippen LogP) is 4.41. The molecule has 0 aliphatic heterocycles. The number of rotatable bonds is 6. The number of aromatic nitrogens is 1. The Hall–Kier alpha value is -0.840. The maximum Gasteiger partial charge on any atom is 0.103 e. The summed E-state index contributed by atoms with van der Waals surface area (Å²) in [5, 5.41) is 6.76. The second kappa shape index (κ2) is 7.08. The highest BCUT2D eigenvalue weighted by molar-refractivity contribution is 7.98. The first-order valence-electron chi connectivity index (χ1n) is 6.56. The van der Waals surface area contributed by atoms with E-state index in [0.29, 0.717) is 6.04 Å². The van der Waals surface area contributed by atoms with Gasteiger partial charge in [0.1, 0.15) is 5.01 Å². The molecule has 2 aromatic rings. The van der Waals surface area contributed by atoms with E-state index in [2.05, 4.69) is 53.8 Å². The Labute approximate surface area is 123 Å². The quantitative estimate of drug-likeness (QED) is 0.798. The monoisotopic (exact) mass is 292 g/mol. The third-order valence-electron chi connectivity index (χ3n) is 2.90. The van der Waals surface area contributed by atoms with Gasteiger partial charge in [-0.3, -0.25) is 0 Å². The molecule has 0 bridgehead atoms. The van der Waals surface area contributed by atoms with Crippen LogP contribution in [0.1, 0.15) is 36.2 Å². The first kappa shape index (κ1) is 14.6. The SMILES string of the molecule is CCNC(C)c1cccc(SCc2nc(C)cs2)c1. The van der Waals surface area contributed by atoms with E-state index in [9.17, 15) is 0 Å². The minimum atomic E-state index is 0.410. The third-order valence-corrected chi connectivity index (χ3v) is 5.05. The zero-order chi connectivity index (χ0) is 13.7. The molecular weight excluding hydrogens is 272 g/mol. The normalized spacial score (nSPS) is 12.6. The van der Waals surface area contributed by atoms with Crippen molar-refractivity contribution in [3.8, 4) is 0 Å². The number of hydrogen-bond donors (Lipinski definition) is 1. The smallest absolute Gasteiger partial charge is 0.103 e. The molecule has 1 aromatic heterocycles. The van der Waals surface area contributed by atoms with Gasteiger partial charge in [0.05, 0.1) is 5.75 Å². The molecule has 19 heavy (non-hydrogen) atoms. The second-order valence-corrected chi connectivity index (χ2v) is 6.51. The maximum atomic E-state index is 4.50. The minimum absolute atomic E-state index is 0.410. The molecule has 0 amide bonds. The molecule has 1 unspecified atom stereocenters. The van der Waals surface area contributed by atoms with Gasteiger partial charge in [-0.2, -0.15) is 0 Å². The Morgan fingerprint density at radius 2 is 2.26 bits per heavy atom. The van der Waals surface area contributed by atoms with Crippen molar-refractivity contribution in [2.45, 2.75) is 37.5 Å². The summed E-state index contributed by atoms with van der Waals surface area (Å²) >= 11 is 3.60. The first-order valence-corrected chi connectivity index (χ1v) is 8.42. The lowest BCUT2D eigenvalue weighted by Gasteiger charge is -2.13. The summed E-state index contributed by atoms with van der Waals surface area (Å²) < 4.78 is 0. The van der Waals surface area contributed by atoms with Crippen molar-refractivity contribution in [3.05, 3.63) is 45.9 Å². The lowest BCUT2D eigenvalue weighted by atomic mass is 10.1. The van der Waals surface area contributed by atoms with Gasteiger partial charge in [-0.1, -0.05) is 19.1 Å². The summed E-state index contributed by atoms with van der Waals surface area (Å²) in [4.78, 5) is 5.81. The Morgan fingerprint density at radius 3 is 2.95 bits per heavy atom. The molecule has 1 N–H and O–H groups in total. The van der Waals surface area contributed by atoms with Crippen LogP contribution in [0.25, 0.3) is 0 Å². The molecule has 1 atom stereocenters. The van der Waals surface area contributed by atoms with Crippen molar-refractivity contribution < 1.29 is 0 Å². The van der Waals surface area contributed by atoms with Crippen LogP contribution in [0, 0.1) is 6.92 Å². The summed E-state index contributed by atoms with van der Waals surface area (Å²) in [7, 11) is 0. The van der Waals surface area contributed by atoms with Crippen LogP contribution in [0.4, 0.5) is 0 Å². The van der Waals surface area contributed by atoms with Gasteiger partial charge in [-0.25, -0.2) is 4.98 Å². The number of thiazole rings is 1. The molecule has 1 heterocycles. The average molecular weight is 292 g/mol. The lowest BCUT2D eigenvalue weighted by molar-refractivity contribution is 0.597. The summed E-state index contributed by atoms with van der Waals surface area (Å²) in [6.45, 7) is 7.39. The van der Waals surface area contributed by atoms with Crippen LogP contribution in [0.15, 0.2) is 34.5 Å². The Kier molecular flexibility index (Phi) is 5.43. The fourth-order valence-corrected chi connectivity index (χ4v) is 3.67. The van der Waals surface area contributed by atoms with Crippen molar-refractivity contribution in [3.63, 3.8) is 0 Å². The average Bonchev–Trinajstić information content (AvgIpc) is 2.83. The van der Waals surface area contributed by atoms with Gasteiger partial charge in [-0.15, -0.1) is 23.1 Å². The molecule has 4 heteroatoms. The molecule has 102 valence electrons. The van der Waals surface area contributed by atoms with E-state index in [4.69, 9.17) is 0 Å². The van der Waals surface area contributed by atoms with Crippen LogP contribution in [-0.2, 0) is 5.75 Å². The molecule has 2 rings (SSSR count). The fraction of sp³-hybridized carbons (Fsp3) is 0.400. The van der Waals surface area contributed by atoms with Crippen molar-refractivity contribution >= 4 is 23.1 Å². The number of nitrogens with one attached hydrogen (secondary N) is 1. The number of thioether (sulfide) groups is 1. The van der Waals surface area contributed by atoms with E-state index < -0.39 is 0 Å². The Morgan fingerprint density at radius 1 is 1.42 bits per heavy atom. The van der Waals surface area contributed by atoms with Crippen LogP contribution in [-0.4, -0.2) is 11.5 Å². The molecule has 0 aliphatic carbocycles. The molecule has 0 spiro atoms. The van der Waals surface area contributed by atoms with E-state index in [1.165, 1.54) is 15.5 Å². The van der Waals surface area contributed by atoms with Gasteiger partial charge < -0.3 is 5.32 Å². The highest BCUT2D eigenvalue weighted by atomic mass is 32.2. The van der Waals surface area contributed by atoms with Crippen molar-refractivity contribution in [1.29, 1.82) is 0 Å². The number of aryl methyl sites for hydroxylation is 1. The number of hydrogen-bond acceptors (Lipinski definition) is 4. The maximum absolute atomic E-state index is 4.50. The van der Waals surface area contributed by atoms with Crippen molar-refractivity contribution in [2.75, 3.05) is 6.54 Å². The van der Waals surface area contributed by atoms with Gasteiger partial charge in [0.15, 0.2) is 0 Å². The highest BCUT2D eigenvalue weighted by Gasteiger charge is 2.05. The summed E-state index contributed by atoms with van der Waals surface area (Å²) in [6, 6.07) is 9.18. The number of nitrogens with zero attached hydrogens (tertiary/aromatic N) is 1. The topological polar surface area (TPSA) is 24.9 Å². The van der Waals surface area contributed by atoms with Gasteiger partial charge >= 0.3 is 0 Å². The Bertz CT molecular complexity index is 522. The van der Waals surface area contributed by atoms with E-state index in [1.54, 1.807) is 11.3 Å². The van der Waals surface area contributed by atoms with E-state index in [1.807, 2.05) is 18.7 Å². The highest BCUT2D eigenvalue weighted by Crippen LogP contribution is 2.26. The lowest BCUT2D eigenvalue weighted by Crippen LogP contribution is -2.17. The fourth-order valence-electron chi connectivity index (χ4n) is 1.91. The summed E-state index contributed by atoms with van der Waals surface area (Å²) in [5.74, 6) is 0.956. The zero-order valence-corrected chi connectivity index (χ0v) is 13.3. The zero-order valence-electron chi connectivity index (χ0n) is 11.6. The van der Waals surface area contributed by atoms with Crippen LogP contribution in [0.3, 0.4) is 0 Å². The van der Waals surface area contributed by atoms with E-state index in [0.717, 1.165) is 18.0 Å². The molecule has 2 nitrogen and oxygen atoms in total. The molecule has 1 aromatic carbocycles. The second-order valence-electron chi connectivity index (χ2n) is 4.52. The van der Waals surface area contributed by atoms with Crippen molar-refractivity contribution in [1.82, 2.24) is 10.3 Å². The van der Waals surface area contributed by atoms with Gasteiger partial charge in [0, 0.05) is 22.0 Å². The predicted molar refractivity (Wildman–Crippen MR) is 84.9 cm³/mol. The first-order chi connectivity index (χ1) is 9.19. The molecule has 0 saturated carbocycles. The van der Waals surface area contributed by atoms with Gasteiger partial charge in [-0.05, 0) is 38.1 Å². The van der Waals surface area contributed by atoms with Crippen LogP contribution in [0.2, 0.25) is 0 Å². The largest absolute Gasteiger partial charge is 0.310 e. The van der Waals surface area contributed by atoms with Crippen LogP contribution in [0.5, 0.6) is 0 Å². The summed E-state index contributed by atoms with van der Waals surface area (Å²) in [5.41, 5.74) is 2.47.